The van der Waals surface area contributed by atoms with E-state index < -0.39 is 0 Å². The maximum atomic E-state index is 12.8. The summed E-state index contributed by atoms with van der Waals surface area (Å²) in [7, 11) is 0. The number of hydrogen-bond donors (Lipinski definition) is 1. The maximum Gasteiger partial charge on any atom is 0.228 e. The maximum absolute atomic E-state index is 12.8. The van der Waals surface area contributed by atoms with Gasteiger partial charge in [0.25, 0.3) is 0 Å². The Bertz CT molecular complexity index is 651. The molecule has 6 heteroatoms. The summed E-state index contributed by atoms with van der Waals surface area (Å²) in [5.41, 5.74) is 0.772. The van der Waals surface area contributed by atoms with Crippen molar-refractivity contribution in [3.05, 3.63) is 16.1 Å². The van der Waals surface area contributed by atoms with Crippen LogP contribution in [0.4, 0.5) is 0 Å². The van der Waals surface area contributed by atoms with Crippen LogP contribution in [0.25, 0.3) is 0 Å². The molecule has 0 aromatic carbocycles. The summed E-state index contributed by atoms with van der Waals surface area (Å²) in [6, 6.07) is 0. The van der Waals surface area contributed by atoms with E-state index in [1.807, 2.05) is 18.7 Å². The standard InChI is InChI=1S/C20H31N3O2S/c1-4-20(2,3)19(25)23-11-5-6-15(12-23)18-22-16(13-26-18)9-10-21-17(24)14-7-8-14/h13-15H,4-12H2,1-3H3,(H,21,24). The number of hydrogen-bond acceptors (Lipinski definition) is 4. The van der Waals surface area contributed by atoms with Crippen LogP contribution in [-0.2, 0) is 16.0 Å². The van der Waals surface area contributed by atoms with Crippen LogP contribution in [-0.4, -0.2) is 41.3 Å². The molecule has 1 N–H and O–H groups in total. The minimum absolute atomic E-state index is 0.195. The van der Waals surface area contributed by atoms with Gasteiger partial charge in [0, 0.05) is 48.7 Å². The highest BCUT2D eigenvalue weighted by molar-refractivity contribution is 7.09. The number of aromatic nitrogens is 1. The first-order valence-corrected chi connectivity index (χ1v) is 10.8. The highest BCUT2D eigenvalue weighted by Crippen LogP contribution is 2.32. The van der Waals surface area contributed by atoms with Crippen molar-refractivity contribution in [2.45, 2.75) is 65.2 Å². The van der Waals surface area contributed by atoms with Crippen LogP contribution in [0.15, 0.2) is 5.38 Å². The molecule has 1 saturated heterocycles. The third-order valence-electron chi connectivity index (χ3n) is 5.72. The van der Waals surface area contributed by atoms with Gasteiger partial charge in [0.2, 0.25) is 11.8 Å². The fourth-order valence-corrected chi connectivity index (χ4v) is 4.35. The summed E-state index contributed by atoms with van der Waals surface area (Å²) in [6.45, 7) is 8.47. The predicted octanol–water partition coefficient (Wildman–Crippen LogP) is 3.35. The van der Waals surface area contributed by atoms with Crippen LogP contribution in [0, 0.1) is 11.3 Å². The van der Waals surface area contributed by atoms with E-state index >= 15 is 0 Å². The van der Waals surface area contributed by atoms with Crippen molar-refractivity contribution in [2.24, 2.45) is 11.3 Å². The lowest BCUT2D eigenvalue weighted by atomic mass is 9.87. The molecule has 144 valence electrons. The van der Waals surface area contributed by atoms with Crippen molar-refractivity contribution >= 4 is 23.2 Å². The van der Waals surface area contributed by atoms with Crippen molar-refractivity contribution < 1.29 is 9.59 Å². The van der Waals surface area contributed by atoms with E-state index in [-0.39, 0.29) is 23.1 Å². The van der Waals surface area contributed by atoms with E-state index in [2.05, 4.69) is 17.6 Å². The Morgan fingerprint density at radius 2 is 2.12 bits per heavy atom. The van der Waals surface area contributed by atoms with Crippen molar-refractivity contribution in [3.63, 3.8) is 0 Å². The number of thiazole rings is 1. The first kappa shape index (κ1) is 19.3. The highest BCUT2D eigenvalue weighted by Gasteiger charge is 2.34. The number of carbonyl (C=O) groups excluding carboxylic acids is 2. The number of nitrogens with one attached hydrogen (secondary N) is 1. The Morgan fingerprint density at radius 1 is 1.35 bits per heavy atom. The second kappa shape index (κ2) is 8.07. The molecule has 26 heavy (non-hydrogen) atoms. The van der Waals surface area contributed by atoms with Gasteiger partial charge in [-0.15, -0.1) is 11.3 Å². The molecule has 2 heterocycles. The smallest absolute Gasteiger partial charge is 0.228 e. The van der Waals surface area contributed by atoms with Gasteiger partial charge in [-0.05, 0) is 32.1 Å². The summed E-state index contributed by atoms with van der Waals surface area (Å²) in [4.78, 5) is 31.3. The minimum Gasteiger partial charge on any atom is -0.355 e. The van der Waals surface area contributed by atoms with Gasteiger partial charge < -0.3 is 10.2 Å². The number of carbonyl (C=O) groups is 2. The summed E-state index contributed by atoms with van der Waals surface area (Å²) in [6.07, 6.45) is 5.87. The van der Waals surface area contributed by atoms with Crippen LogP contribution >= 0.6 is 11.3 Å². The van der Waals surface area contributed by atoms with Crippen LogP contribution in [0.2, 0.25) is 0 Å². The Kier molecular flexibility index (Phi) is 6.00. The third kappa shape index (κ3) is 4.64. The molecule has 1 unspecified atom stereocenters. The average Bonchev–Trinajstić information content (AvgIpc) is 3.40. The zero-order valence-corrected chi connectivity index (χ0v) is 17.0. The summed E-state index contributed by atoms with van der Waals surface area (Å²) < 4.78 is 0. The number of amides is 2. The lowest BCUT2D eigenvalue weighted by molar-refractivity contribution is -0.141. The van der Waals surface area contributed by atoms with E-state index in [4.69, 9.17) is 4.98 Å². The number of rotatable bonds is 7. The molecule has 1 aromatic rings. The lowest BCUT2D eigenvalue weighted by Gasteiger charge is -2.36. The molecule has 0 spiro atoms. The summed E-state index contributed by atoms with van der Waals surface area (Å²) in [5, 5.41) is 6.25. The topological polar surface area (TPSA) is 62.3 Å². The fraction of sp³-hybridized carbons (Fsp3) is 0.750. The highest BCUT2D eigenvalue weighted by atomic mass is 32.1. The van der Waals surface area contributed by atoms with Crippen molar-refractivity contribution in [1.82, 2.24) is 15.2 Å². The lowest BCUT2D eigenvalue weighted by Crippen LogP contribution is -2.45. The Hall–Kier alpha value is -1.43. The van der Waals surface area contributed by atoms with Gasteiger partial charge in [-0.3, -0.25) is 9.59 Å². The zero-order chi connectivity index (χ0) is 18.7. The molecule has 2 amide bonds. The van der Waals surface area contributed by atoms with Crippen LogP contribution < -0.4 is 5.32 Å². The molecular weight excluding hydrogens is 346 g/mol. The van der Waals surface area contributed by atoms with E-state index in [1.54, 1.807) is 11.3 Å². The van der Waals surface area contributed by atoms with Crippen molar-refractivity contribution in [3.8, 4) is 0 Å². The monoisotopic (exact) mass is 377 g/mol. The van der Waals surface area contributed by atoms with Crippen LogP contribution in [0.1, 0.15) is 69.5 Å². The van der Waals surface area contributed by atoms with Gasteiger partial charge >= 0.3 is 0 Å². The molecule has 3 rings (SSSR count). The fourth-order valence-electron chi connectivity index (χ4n) is 3.37. The Labute approximate surface area is 160 Å². The molecule has 1 aromatic heterocycles. The second-order valence-electron chi connectivity index (χ2n) is 8.32. The van der Waals surface area contributed by atoms with E-state index in [0.717, 1.165) is 62.3 Å². The number of nitrogens with zero attached hydrogens (tertiary/aromatic N) is 2. The normalized spacial score (nSPS) is 20.9. The average molecular weight is 378 g/mol. The van der Waals surface area contributed by atoms with Gasteiger partial charge in [0.05, 0.1) is 10.7 Å². The second-order valence-corrected chi connectivity index (χ2v) is 9.21. The number of likely N-dealkylation sites (tertiary alicyclic amines) is 1. The van der Waals surface area contributed by atoms with Gasteiger partial charge in [-0.1, -0.05) is 20.8 Å². The van der Waals surface area contributed by atoms with E-state index in [9.17, 15) is 9.59 Å². The van der Waals surface area contributed by atoms with Crippen molar-refractivity contribution in [2.75, 3.05) is 19.6 Å². The molecule has 1 aliphatic heterocycles. The van der Waals surface area contributed by atoms with Crippen LogP contribution in [0.5, 0.6) is 0 Å². The Morgan fingerprint density at radius 3 is 2.81 bits per heavy atom. The molecular formula is C20H31N3O2S. The zero-order valence-electron chi connectivity index (χ0n) is 16.2. The van der Waals surface area contributed by atoms with Crippen LogP contribution in [0.3, 0.4) is 0 Å². The molecule has 0 radical (unpaired) electrons. The molecule has 1 aliphatic carbocycles. The van der Waals surface area contributed by atoms with Gasteiger partial charge in [-0.2, -0.15) is 0 Å². The molecule has 0 bridgehead atoms. The quantitative estimate of drug-likeness (QED) is 0.792. The summed E-state index contributed by atoms with van der Waals surface area (Å²) >= 11 is 1.70. The molecule has 2 aliphatic rings. The molecule has 1 saturated carbocycles. The van der Waals surface area contributed by atoms with E-state index in [1.165, 1.54) is 0 Å². The third-order valence-corrected chi connectivity index (χ3v) is 6.77. The largest absolute Gasteiger partial charge is 0.355 e. The predicted molar refractivity (Wildman–Crippen MR) is 104 cm³/mol. The summed E-state index contributed by atoms with van der Waals surface area (Å²) in [5.74, 6) is 1.07. The molecule has 2 fully saturated rings. The van der Waals surface area contributed by atoms with Gasteiger partial charge in [0.1, 0.15) is 0 Å². The van der Waals surface area contributed by atoms with Gasteiger partial charge in [-0.25, -0.2) is 4.98 Å². The first-order chi connectivity index (χ1) is 12.4. The molecule has 1 atom stereocenters. The minimum atomic E-state index is -0.282. The first-order valence-electron chi connectivity index (χ1n) is 9.92. The molecule has 5 nitrogen and oxygen atoms in total. The van der Waals surface area contributed by atoms with Gasteiger partial charge in [0.15, 0.2) is 0 Å². The SMILES string of the molecule is CCC(C)(C)C(=O)N1CCCC(c2nc(CCNC(=O)C3CC3)cs2)C1. The number of piperidine rings is 1. The Balaban J connectivity index is 1.53. The van der Waals surface area contributed by atoms with Crippen molar-refractivity contribution in [1.29, 1.82) is 0 Å². The van der Waals surface area contributed by atoms with E-state index in [0.29, 0.717) is 12.5 Å².